The van der Waals surface area contributed by atoms with E-state index in [0.29, 0.717) is 38.2 Å². The van der Waals surface area contributed by atoms with Crippen LogP contribution in [0.5, 0.6) is 0 Å². The van der Waals surface area contributed by atoms with Crippen LogP contribution in [0.25, 0.3) is 11.0 Å². The third-order valence-corrected chi connectivity index (χ3v) is 7.68. The lowest BCUT2D eigenvalue weighted by molar-refractivity contribution is -0.157. The molecular weight excluding hydrogens is 515 g/mol. The van der Waals surface area contributed by atoms with Gasteiger partial charge in [0.05, 0.1) is 24.4 Å². The Hall–Kier alpha value is -3.57. The monoisotopic (exact) mass is 552 g/mol. The summed E-state index contributed by atoms with van der Waals surface area (Å²) < 4.78 is 21.7. The number of rotatable bonds is 11. The highest BCUT2D eigenvalue weighted by atomic mass is 19.1. The maximum atomic E-state index is 14.0. The summed E-state index contributed by atoms with van der Waals surface area (Å²) in [5.74, 6) is -0.0983. The minimum atomic E-state index is -1.06. The number of pyridine rings is 1. The molecule has 214 valence electrons. The summed E-state index contributed by atoms with van der Waals surface area (Å²) in [5, 5.41) is 17.0. The van der Waals surface area contributed by atoms with Gasteiger partial charge in [0.1, 0.15) is 12.8 Å². The molecule has 2 aliphatic rings. The predicted molar refractivity (Wildman–Crippen MR) is 148 cm³/mol. The molecule has 1 aliphatic carbocycles. The Balaban J connectivity index is 1.37. The van der Waals surface area contributed by atoms with E-state index in [-0.39, 0.29) is 30.6 Å². The van der Waals surface area contributed by atoms with Gasteiger partial charge in [-0.1, -0.05) is 30.3 Å². The maximum Gasteiger partial charge on any atom is 0.404 e. The molecule has 1 aromatic carbocycles. The Morgan fingerprint density at radius 1 is 1.23 bits per heavy atom. The van der Waals surface area contributed by atoms with Crippen molar-refractivity contribution in [3.05, 3.63) is 59.4 Å². The van der Waals surface area contributed by atoms with Crippen molar-refractivity contribution in [2.24, 2.45) is 0 Å². The maximum absolute atomic E-state index is 14.0. The quantitative estimate of drug-likeness (QED) is 0.349. The molecule has 0 bridgehead atoms. The number of aromatic nitrogens is 3. The SMILES string of the molecule is Cc1ccc2c([C@@H](C)N(C(=O)[C@H]3CN(Cc4ccccc4)C(CF)CO3)C3CC3)nn(CCCNC(=O)O)c2n1. The molecule has 40 heavy (non-hydrogen) atoms. The Labute approximate surface area is 233 Å². The number of carbonyl (C=O) groups excluding carboxylic acids is 1. The summed E-state index contributed by atoms with van der Waals surface area (Å²) in [6.07, 6.45) is 0.643. The Morgan fingerprint density at radius 3 is 2.70 bits per heavy atom. The lowest BCUT2D eigenvalue weighted by atomic mass is 10.1. The fraction of sp³-hybridized carbons (Fsp3) is 0.517. The lowest BCUT2D eigenvalue weighted by Crippen LogP contribution is -2.56. The number of carboxylic acid groups (broad SMARTS) is 1. The number of amides is 2. The van der Waals surface area contributed by atoms with Gasteiger partial charge in [-0.2, -0.15) is 5.10 Å². The normalized spacial score (nSPS) is 20.4. The predicted octanol–water partition coefficient (Wildman–Crippen LogP) is 3.69. The van der Waals surface area contributed by atoms with E-state index < -0.39 is 18.9 Å². The fourth-order valence-corrected chi connectivity index (χ4v) is 5.45. The second kappa shape index (κ2) is 12.3. The zero-order valence-electron chi connectivity index (χ0n) is 23.0. The zero-order chi connectivity index (χ0) is 28.2. The van der Waals surface area contributed by atoms with E-state index in [2.05, 4.69) is 5.32 Å². The van der Waals surface area contributed by atoms with Crippen molar-refractivity contribution >= 4 is 23.0 Å². The second-order valence-electron chi connectivity index (χ2n) is 10.7. The molecule has 3 aromatic rings. The zero-order valence-corrected chi connectivity index (χ0v) is 23.0. The number of nitrogens with zero attached hydrogens (tertiary/aromatic N) is 5. The summed E-state index contributed by atoms with van der Waals surface area (Å²) in [5.41, 5.74) is 3.39. The Kier molecular flexibility index (Phi) is 8.60. The number of nitrogens with one attached hydrogen (secondary N) is 1. The van der Waals surface area contributed by atoms with Crippen molar-refractivity contribution in [1.82, 2.24) is 29.9 Å². The molecule has 1 saturated heterocycles. The largest absolute Gasteiger partial charge is 0.465 e. The van der Waals surface area contributed by atoms with Crippen LogP contribution in [-0.4, -0.2) is 86.2 Å². The standard InChI is InChI=1S/C29H37FN6O4/c1-19-9-12-24-26(33-35(27(24)32-19)14-6-13-31-29(38)39)20(2)36(22-10-11-22)28(37)25-17-34(23(15-30)18-40-25)16-21-7-4-3-5-8-21/h3-5,7-9,12,20,22-23,25,31H,6,10-11,13-18H2,1-2H3,(H,38,39)/t20-,23?,25-/m1/s1. The van der Waals surface area contributed by atoms with Crippen LogP contribution in [0.3, 0.4) is 0 Å². The molecule has 3 atom stereocenters. The van der Waals surface area contributed by atoms with Gasteiger partial charge in [-0.25, -0.2) is 18.9 Å². The number of ether oxygens (including phenoxy) is 1. The van der Waals surface area contributed by atoms with E-state index in [1.807, 2.05) is 66.1 Å². The average Bonchev–Trinajstić information content (AvgIpc) is 3.72. The van der Waals surface area contributed by atoms with Crippen LogP contribution < -0.4 is 5.32 Å². The van der Waals surface area contributed by atoms with E-state index in [1.54, 1.807) is 4.68 Å². The molecule has 0 radical (unpaired) electrons. The van der Waals surface area contributed by atoms with Crippen LogP contribution in [0.15, 0.2) is 42.5 Å². The van der Waals surface area contributed by atoms with Crippen molar-refractivity contribution in [3.63, 3.8) is 0 Å². The van der Waals surface area contributed by atoms with Gasteiger partial charge in [-0.3, -0.25) is 9.69 Å². The number of hydrogen-bond acceptors (Lipinski definition) is 6. The van der Waals surface area contributed by atoms with Gasteiger partial charge in [0.2, 0.25) is 0 Å². The van der Waals surface area contributed by atoms with Gasteiger partial charge in [0.15, 0.2) is 5.65 Å². The Morgan fingerprint density at radius 2 is 2.00 bits per heavy atom. The van der Waals surface area contributed by atoms with Gasteiger partial charge in [-0.15, -0.1) is 0 Å². The van der Waals surface area contributed by atoms with Crippen molar-refractivity contribution in [2.75, 3.05) is 26.4 Å². The van der Waals surface area contributed by atoms with E-state index >= 15 is 0 Å². The number of fused-ring (bicyclic) bond motifs is 1. The molecular formula is C29H37FN6O4. The highest BCUT2D eigenvalue weighted by Gasteiger charge is 2.43. The number of aryl methyl sites for hydroxylation is 2. The molecule has 0 spiro atoms. The highest BCUT2D eigenvalue weighted by Crippen LogP contribution is 2.37. The van der Waals surface area contributed by atoms with Crippen molar-refractivity contribution in [2.45, 2.75) is 70.4 Å². The number of benzene rings is 1. The van der Waals surface area contributed by atoms with E-state index in [0.717, 1.165) is 35.2 Å². The first kappa shape index (κ1) is 28.0. The molecule has 2 fully saturated rings. The molecule has 1 aliphatic heterocycles. The highest BCUT2D eigenvalue weighted by molar-refractivity contribution is 5.84. The molecule has 5 rings (SSSR count). The first-order chi connectivity index (χ1) is 19.4. The van der Waals surface area contributed by atoms with Gasteiger partial charge in [0, 0.05) is 43.3 Å². The van der Waals surface area contributed by atoms with Crippen LogP contribution in [0.4, 0.5) is 9.18 Å². The number of hydrogen-bond donors (Lipinski definition) is 2. The van der Waals surface area contributed by atoms with E-state index in [9.17, 15) is 14.0 Å². The second-order valence-corrected chi connectivity index (χ2v) is 10.7. The summed E-state index contributed by atoms with van der Waals surface area (Å²) in [7, 11) is 0. The van der Waals surface area contributed by atoms with Crippen molar-refractivity contribution in [3.8, 4) is 0 Å². The number of alkyl halides is 1. The molecule has 2 amide bonds. The Bertz CT molecular complexity index is 1330. The molecule has 1 unspecified atom stereocenters. The van der Waals surface area contributed by atoms with E-state index in [4.69, 9.17) is 19.9 Å². The van der Waals surface area contributed by atoms with Crippen molar-refractivity contribution < 1.29 is 23.8 Å². The smallest absolute Gasteiger partial charge is 0.404 e. The van der Waals surface area contributed by atoms with Gasteiger partial charge < -0.3 is 20.1 Å². The molecule has 2 N–H and O–H groups in total. The van der Waals surface area contributed by atoms with Crippen LogP contribution in [-0.2, 0) is 22.6 Å². The third kappa shape index (κ3) is 6.26. The minimum absolute atomic E-state index is 0.0983. The minimum Gasteiger partial charge on any atom is -0.465 e. The van der Waals surface area contributed by atoms with Crippen LogP contribution >= 0.6 is 0 Å². The van der Waals surface area contributed by atoms with Crippen LogP contribution in [0.2, 0.25) is 0 Å². The first-order valence-electron chi connectivity index (χ1n) is 13.9. The molecule has 2 aromatic heterocycles. The number of halogens is 1. The van der Waals surface area contributed by atoms with Crippen LogP contribution in [0.1, 0.15) is 49.2 Å². The number of carbonyl (C=O) groups is 2. The average molecular weight is 553 g/mol. The molecule has 10 nitrogen and oxygen atoms in total. The fourth-order valence-electron chi connectivity index (χ4n) is 5.45. The van der Waals surface area contributed by atoms with Gasteiger partial charge >= 0.3 is 6.09 Å². The van der Waals surface area contributed by atoms with Gasteiger partial charge in [0.25, 0.3) is 5.91 Å². The summed E-state index contributed by atoms with van der Waals surface area (Å²) >= 11 is 0. The molecule has 11 heteroatoms. The topological polar surface area (TPSA) is 113 Å². The number of morpholine rings is 1. The van der Waals surface area contributed by atoms with Crippen LogP contribution in [0, 0.1) is 6.92 Å². The summed E-state index contributed by atoms with van der Waals surface area (Å²) in [4.78, 5) is 33.5. The molecule has 1 saturated carbocycles. The van der Waals surface area contributed by atoms with E-state index in [1.165, 1.54) is 0 Å². The van der Waals surface area contributed by atoms with Gasteiger partial charge in [-0.05, 0) is 50.8 Å². The first-order valence-corrected chi connectivity index (χ1v) is 13.9. The van der Waals surface area contributed by atoms with Crippen molar-refractivity contribution in [1.29, 1.82) is 0 Å². The summed E-state index contributed by atoms with van der Waals surface area (Å²) in [6.45, 7) is 5.21. The lowest BCUT2D eigenvalue weighted by Gasteiger charge is -2.40. The molecule has 3 heterocycles. The third-order valence-electron chi connectivity index (χ3n) is 7.68. The summed E-state index contributed by atoms with van der Waals surface area (Å²) in [6, 6.07) is 13.2.